The van der Waals surface area contributed by atoms with Crippen LogP contribution >= 0.6 is 0 Å². The normalized spacial score (nSPS) is 14.4. The number of hydrogen-bond donors (Lipinski definition) is 2. The highest BCUT2D eigenvalue weighted by Gasteiger charge is 2.30. The van der Waals surface area contributed by atoms with E-state index in [0.29, 0.717) is 18.4 Å². The Labute approximate surface area is 86.9 Å². The Bertz CT molecular complexity index is 188. The van der Waals surface area contributed by atoms with E-state index < -0.39 is 11.4 Å². The Morgan fingerprint density at radius 1 is 1.43 bits per heavy atom. The van der Waals surface area contributed by atoms with Crippen molar-refractivity contribution in [1.29, 1.82) is 0 Å². The van der Waals surface area contributed by atoms with Crippen LogP contribution in [0.25, 0.3) is 0 Å². The van der Waals surface area contributed by atoms with Crippen LogP contribution < -0.4 is 5.32 Å². The van der Waals surface area contributed by atoms with Crippen molar-refractivity contribution in [2.75, 3.05) is 7.05 Å². The van der Waals surface area contributed by atoms with Crippen molar-refractivity contribution in [2.45, 2.75) is 46.6 Å². The molecule has 0 aromatic carbocycles. The van der Waals surface area contributed by atoms with E-state index in [0.717, 1.165) is 6.42 Å². The fourth-order valence-electron chi connectivity index (χ4n) is 1.58. The third-order valence-corrected chi connectivity index (χ3v) is 2.50. The Balaban J connectivity index is 4.23. The van der Waals surface area contributed by atoms with Gasteiger partial charge in [0.05, 0.1) is 5.41 Å². The molecular weight excluding hydrogens is 178 g/mol. The quantitative estimate of drug-likeness (QED) is 0.692. The van der Waals surface area contributed by atoms with Crippen LogP contribution in [0, 0.1) is 11.3 Å². The number of carboxylic acids is 1. The van der Waals surface area contributed by atoms with Gasteiger partial charge < -0.3 is 10.4 Å². The lowest BCUT2D eigenvalue weighted by Crippen LogP contribution is -2.36. The fraction of sp³-hybridized carbons (Fsp3) is 0.909. The van der Waals surface area contributed by atoms with E-state index in [4.69, 9.17) is 5.11 Å². The van der Waals surface area contributed by atoms with Crippen LogP contribution in [0.2, 0.25) is 0 Å². The lowest BCUT2D eigenvalue weighted by molar-refractivity contribution is -0.147. The molecule has 14 heavy (non-hydrogen) atoms. The largest absolute Gasteiger partial charge is 0.481 e. The molecule has 0 saturated heterocycles. The number of carbonyl (C=O) groups is 1. The summed E-state index contributed by atoms with van der Waals surface area (Å²) in [5, 5.41) is 12.2. The van der Waals surface area contributed by atoms with Crippen molar-refractivity contribution in [2.24, 2.45) is 11.3 Å². The van der Waals surface area contributed by atoms with Crippen LogP contribution in [-0.4, -0.2) is 24.2 Å². The zero-order valence-electron chi connectivity index (χ0n) is 9.92. The molecule has 0 rings (SSSR count). The second-order valence-electron chi connectivity index (χ2n) is 5.01. The monoisotopic (exact) mass is 201 g/mol. The van der Waals surface area contributed by atoms with Gasteiger partial charge in [0.25, 0.3) is 0 Å². The standard InChI is InChI=1S/C11H23NO2/c1-8(2)6-9(12-5)7-11(3,4)10(13)14/h8-9,12H,6-7H2,1-5H3,(H,13,14). The van der Waals surface area contributed by atoms with Gasteiger partial charge in [0.2, 0.25) is 0 Å². The summed E-state index contributed by atoms with van der Waals surface area (Å²) in [6.45, 7) is 7.86. The Morgan fingerprint density at radius 3 is 2.21 bits per heavy atom. The molecule has 0 aliphatic heterocycles. The fourth-order valence-corrected chi connectivity index (χ4v) is 1.58. The first-order valence-corrected chi connectivity index (χ1v) is 5.20. The van der Waals surface area contributed by atoms with Gasteiger partial charge in [-0.2, -0.15) is 0 Å². The molecule has 0 radical (unpaired) electrons. The minimum Gasteiger partial charge on any atom is -0.481 e. The lowest BCUT2D eigenvalue weighted by atomic mass is 9.83. The Hall–Kier alpha value is -0.570. The molecule has 1 unspecified atom stereocenters. The van der Waals surface area contributed by atoms with Gasteiger partial charge in [-0.1, -0.05) is 13.8 Å². The summed E-state index contributed by atoms with van der Waals surface area (Å²) < 4.78 is 0. The summed E-state index contributed by atoms with van der Waals surface area (Å²) in [5.74, 6) is -0.126. The number of aliphatic carboxylic acids is 1. The molecule has 0 spiro atoms. The van der Waals surface area contributed by atoms with E-state index in [9.17, 15) is 4.79 Å². The molecule has 2 N–H and O–H groups in total. The summed E-state index contributed by atoms with van der Waals surface area (Å²) >= 11 is 0. The minimum absolute atomic E-state index is 0.293. The summed E-state index contributed by atoms with van der Waals surface area (Å²) in [6.07, 6.45) is 1.70. The third kappa shape index (κ3) is 4.61. The highest BCUT2D eigenvalue weighted by Crippen LogP contribution is 2.24. The maximum atomic E-state index is 10.9. The average molecular weight is 201 g/mol. The van der Waals surface area contributed by atoms with Crippen molar-refractivity contribution in [1.82, 2.24) is 5.32 Å². The van der Waals surface area contributed by atoms with Gasteiger partial charge in [-0.25, -0.2) is 0 Å². The molecule has 0 saturated carbocycles. The SMILES string of the molecule is CNC(CC(C)C)CC(C)(C)C(=O)O. The molecule has 3 heteroatoms. The number of hydrogen-bond acceptors (Lipinski definition) is 2. The third-order valence-electron chi connectivity index (χ3n) is 2.50. The molecule has 0 aliphatic rings. The van der Waals surface area contributed by atoms with E-state index in [1.807, 2.05) is 7.05 Å². The first-order valence-electron chi connectivity index (χ1n) is 5.20. The van der Waals surface area contributed by atoms with Crippen LogP contribution in [0.5, 0.6) is 0 Å². The molecular formula is C11H23NO2. The van der Waals surface area contributed by atoms with Gasteiger partial charge in [-0.05, 0) is 39.7 Å². The van der Waals surface area contributed by atoms with Crippen molar-refractivity contribution in [3.8, 4) is 0 Å². The summed E-state index contributed by atoms with van der Waals surface area (Å²) in [5.41, 5.74) is -0.636. The first-order chi connectivity index (χ1) is 6.29. The topological polar surface area (TPSA) is 49.3 Å². The van der Waals surface area contributed by atoms with Gasteiger partial charge >= 0.3 is 5.97 Å². The van der Waals surface area contributed by atoms with Crippen LogP contribution in [0.1, 0.15) is 40.5 Å². The predicted octanol–water partition coefficient (Wildman–Crippen LogP) is 2.12. The Morgan fingerprint density at radius 2 is 1.93 bits per heavy atom. The van der Waals surface area contributed by atoms with E-state index in [-0.39, 0.29) is 0 Å². The van der Waals surface area contributed by atoms with Crippen molar-refractivity contribution in [3.05, 3.63) is 0 Å². The van der Waals surface area contributed by atoms with Gasteiger partial charge in [-0.15, -0.1) is 0 Å². The first kappa shape index (κ1) is 13.4. The molecule has 0 heterocycles. The second-order valence-corrected chi connectivity index (χ2v) is 5.01. The maximum absolute atomic E-state index is 10.9. The second kappa shape index (κ2) is 5.35. The smallest absolute Gasteiger partial charge is 0.309 e. The van der Waals surface area contributed by atoms with Gasteiger partial charge in [0.15, 0.2) is 0 Å². The summed E-state index contributed by atoms with van der Waals surface area (Å²) in [7, 11) is 1.89. The van der Waals surface area contributed by atoms with E-state index in [1.165, 1.54) is 0 Å². The molecule has 3 nitrogen and oxygen atoms in total. The number of rotatable bonds is 6. The van der Waals surface area contributed by atoms with Crippen LogP contribution in [0.4, 0.5) is 0 Å². The Kier molecular flexibility index (Phi) is 5.13. The van der Waals surface area contributed by atoms with E-state index in [1.54, 1.807) is 13.8 Å². The zero-order valence-corrected chi connectivity index (χ0v) is 9.92. The highest BCUT2D eigenvalue weighted by atomic mass is 16.4. The van der Waals surface area contributed by atoms with E-state index >= 15 is 0 Å². The molecule has 0 aromatic rings. The van der Waals surface area contributed by atoms with Gasteiger partial charge in [-0.3, -0.25) is 4.79 Å². The molecule has 0 aromatic heterocycles. The minimum atomic E-state index is -0.721. The van der Waals surface area contributed by atoms with E-state index in [2.05, 4.69) is 19.2 Å². The van der Waals surface area contributed by atoms with Gasteiger partial charge in [0.1, 0.15) is 0 Å². The van der Waals surface area contributed by atoms with Crippen LogP contribution in [0.3, 0.4) is 0 Å². The van der Waals surface area contributed by atoms with Crippen LogP contribution in [0.15, 0.2) is 0 Å². The summed E-state index contributed by atoms with van der Waals surface area (Å²) in [6, 6.07) is 0.293. The van der Waals surface area contributed by atoms with Crippen LogP contribution in [-0.2, 0) is 4.79 Å². The molecule has 84 valence electrons. The van der Waals surface area contributed by atoms with Crippen molar-refractivity contribution >= 4 is 5.97 Å². The molecule has 0 bridgehead atoms. The summed E-state index contributed by atoms with van der Waals surface area (Å²) in [4.78, 5) is 10.9. The highest BCUT2D eigenvalue weighted by molar-refractivity contribution is 5.73. The maximum Gasteiger partial charge on any atom is 0.309 e. The zero-order chi connectivity index (χ0) is 11.4. The molecule has 0 fully saturated rings. The molecule has 0 aliphatic carbocycles. The van der Waals surface area contributed by atoms with Crippen molar-refractivity contribution < 1.29 is 9.90 Å². The number of carboxylic acid groups (broad SMARTS) is 1. The number of nitrogens with one attached hydrogen (secondary N) is 1. The lowest BCUT2D eigenvalue weighted by Gasteiger charge is -2.26. The molecule has 1 atom stereocenters. The molecule has 0 amide bonds. The predicted molar refractivity (Wildman–Crippen MR) is 58.3 cm³/mol. The van der Waals surface area contributed by atoms with Crippen molar-refractivity contribution in [3.63, 3.8) is 0 Å². The van der Waals surface area contributed by atoms with Gasteiger partial charge in [0, 0.05) is 6.04 Å². The average Bonchev–Trinajstić information content (AvgIpc) is 2.01.